The smallest absolute Gasteiger partial charge is 0.303 e. The highest BCUT2D eigenvalue weighted by Gasteiger charge is 1.91. The third kappa shape index (κ3) is 24500. The number of aliphatic hydroxyl groups excluding tert-OH is 1. The van der Waals surface area contributed by atoms with E-state index in [2.05, 4.69) is 0 Å². The summed E-state index contributed by atoms with van der Waals surface area (Å²) in [5, 5.41) is 82.7. The Labute approximate surface area is 246 Å². The number of carboxylic acids is 10. The Hall–Kier alpha value is -5.34. The Morgan fingerprint density at radius 2 is 0.419 bits per heavy atom. The predicted molar refractivity (Wildman–Crippen MR) is 144 cm³/mol. The van der Waals surface area contributed by atoms with Crippen LogP contribution in [0.15, 0.2) is 0 Å². The molecule has 0 aromatic heterocycles. The average Bonchev–Trinajstić information content (AvgIpc) is 2.62. The molecular formula is C22H44O21. The van der Waals surface area contributed by atoms with E-state index in [0.29, 0.717) is 6.42 Å². The molecule has 0 aromatic carbocycles. The van der Waals surface area contributed by atoms with Gasteiger partial charge in [0.15, 0.2) is 0 Å². The van der Waals surface area contributed by atoms with Crippen molar-refractivity contribution in [1.82, 2.24) is 0 Å². The molecule has 0 bridgehead atoms. The molecule has 0 saturated carbocycles. The lowest BCUT2D eigenvalue weighted by molar-refractivity contribution is -0.138. The second kappa shape index (κ2) is 60.9. The van der Waals surface area contributed by atoms with Gasteiger partial charge in [0.1, 0.15) is 0 Å². The molecule has 0 unspecified atom stereocenters. The Bertz CT molecular complexity index is 549. The first-order chi connectivity index (χ1) is 18.9. The number of hydrogen-bond donors (Lipinski definition) is 11. The largest absolute Gasteiger partial charge is 0.481 e. The fraction of sp³-hybridized carbons (Fsp3) is 0.545. The highest BCUT2D eigenvalue weighted by Crippen LogP contribution is 1.83. The van der Waals surface area contributed by atoms with Crippen LogP contribution >= 0.6 is 0 Å². The SMILES string of the molecule is CC(=O)O.CC(=O)O.CC(=O)O.CC(=O)O.CC(=O)O.CC(=O)O.CC(=O)O.CC(=O)O.CC(=O)O.O=C(O)CCCO. The highest BCUT2D eigenvalue weighted by atomic mass is 16.4. The molecule has 0 radical (unpaired) electrons. The average molecular weight is 645 g/mol. The van der Waals surface area contributed by atoms with Crippen molar-refractivity contribution in [3.05, 3.63) is 0 Å². The lowest BCUT2D eigenvalue weighted by Gasteiger charge is -1.85. The normalized spacial score (nSPS) is 6.65. The summed E-state index contributed by atoms with van der Waals surface area (Å²) in [4.78, 5) is 90.6. The third-order valence-corrected chi connectivity index (χ3v) is 0.549. The van der Waals surface area contributed by atoms with Gasteiger partial charge in [0, 0.05) is 75.3 Å². The minimum absolute atomic E-state index is 0.0354. The number of carbonyl (C=O) groups is 10. The summed E-state index contributed by atoms with van der Waals surface area (Å²) in [7, 11) is 0. The van der Waals surface area contributed by atoms with E-state index in [0.717, 1.165) is 62.3 Å². The zero-order valence-electron chi connectivity index (χ0n) is 25.1. The fourth-order valence-corrected chi connectivity index (χ4v) is 0.230. The maximum Gasteiger partial charge on any atom is 0.303 e. The Morgan fingerprint density at radius 3 is 0.442 bits per heavy atom. The summed E-state index contributed by atoms with van der Waals surface area (Å²) in [6, 6.07) is 0. The van der Waals surface area contributed by atoms with Gasteiger partial charge in [-0.2, -0.15) is 0 Å². The van der Waals surface area contributed by atoms with Gasteiger partial charge in [-0.15, -0.1) is 0 Å². The van der Waals surface area contributed by atoms with Crippen LogP contribution in [0.5, 0.6) is 0 Å². The summed E-state index contributed by atoms with van der Waals surface area (Å²) >= 11 is 0. The fourth-order valence-electron chi connectivity index (χ4n) is 0.230. The van der Waals surface area contributed by atoms with E-state index in [1.165, 1.54) is 0 Å². The maximum absolute atomic E-state index is 9.65. The van der Waals surface area contributed by atoms with Crippen molar-refractivity contribution >= 4 is 59.7 Å². The number of rotatable bonds is 3. The first-order valence-electron chi connectivity index (χ1n) is 10.4. The van der Waals surface area contributed by atoms with E-state index in [-0.39, 0.29) is 13.0 Å². The zero-order valence-corrected chi connectivity index (χ0v) is 25.1. The molecule has 258 valence electrons. The van der Waals surface area contributed by atoms with E-state index in [1.807, 2.05) is 0 Å². The van der Waals surface area contributed by atoms with Gasteiger partial charge >= 0.3 is 5.97 Å². The predicted octanol–water partition coefficient (Wildman–Crippen LogP) is 0.662. The highest BCUT2D eigenvalue weighted by molar-refractivity contribution is 5.66. The molecular weight excluding hydrogens is 600 g/mol. The molecule has 0 spiro atoms. The molecule has 0 rings (SSSR count). The second-order valence-electron chi connectivity index (χ2n) is 5.89. The molecule has 0 aliphatic heterocycles. The van der Waals surface area contributed by atoms with Crippen molar-refractivity contribution < 1.29 is 104 Å². The Kier molecular flexibility index (Phi) is 93.7. The number of hydrogen-bond acceptors (Lipinski definition) is 11. The number of aliphatic hydroxyl groups is 1. The molecule has 0 atom stereocenters. The van der Waals surface area contributed by atoms with Crippen LogP contribution in [0, 0.1) is 0 Å². The van der Waals surface area contributed by atoms with Gasteiger partial charge in [-0.25, -0.2) is 0 Å². The zero-order chi connectivity index (χ0) is 37.9. The van der Waals surface area contributed by atoms with E-state index in [9.17, 15) is 4.79 Å². The van der Waals surface area contributed by atoms with Crippen LogP contribution in [0.1, 0.15) is 75.2 Å². The van der Waals surface area contributed by atoms with Crippen molar-refractivity contribution in [3.8, 4) is 0 Å². The molecule has 0 aliphatic rings. The van der Waals surface area contributed by atoms with E-state index < -0.39 is 59.7 Å². The van der Waals surface area contributed by atoms with E-state index in [4.69, 9.17) is 99.3 Å². The van der Waals surface area contributed by atoms with E-state index >= 15 is 0 Å². The van der Waals surface area contributed by atoms with Gasteiger partial charge in [-0.05, 0) is 6.42 Å². The Balaban J connectivity index is -0.0000000354. The minimum Gasteiger partial charge on any atom is -0.481 e. The topological polar surface area (TPSA) is 393 Å². The summed E-state index contributed by atoms with van der Waals surface area (Å²) in [5.41, 5.74) is 0. The van der Waals surface area contributed by atoms with Gasteiger partial charge < -0.3 is 56.2 Å². The van der Waals surface area contributed by atoms with Gasteiger partial charge in [0.25, 0.3) is 53.7 Å². The van der Waals surface area contributed by atoms with Crippen LogP contribution in [0.4, 0.5) is 0 Å². The first kappa shape index (κ1) is 66.2. The second-order valence-corrected chi connectivity index (χ2v) is 5.89. The van der Waals surface area contributed by atoms with Crippen molar-refractivity contribution in [1.29, 1.82) is 0 Å². The van der Waals surface area contributed by atoms with Crippen molar-refractivity contribution in [3.63, 3.8) is 0 Å². The quantitative estimate of drug-likeness (QED) is 0.201. The summed E-state index contributed by atoms with van der Waals surface area (Å²) < 4.78 is 0. The van der Waals surface area contributed by atoms with Crippen LogP contribution < -0.4 is 0 Å². The molecule has 21 nitrogen and oxygen atoms in total. The van der Waals surface area contributed by atoms with Crippen molar-refractivity contribution in [2.75, 3.05) is 6.61 Å². The monoisotopic (exact) mass is 644 g/mol. The molecule has 0 heterocycles. The standard InChI is InChI=1S/C4H8O3.9C2H4O2/c5-3-1-2-4(6)7;9*1-2(3)4/h5H,1-3H2,(H,6,7);9*1H3,(H,3,4). The molecule has 0 fully saturated rings. The molecule has 0 aliphatic carbocycles. The lowest BCUT2D eigenvalue weighted by Crippen LogP contribution is -1.95. The van der Waals surface area contributed by atoms with Gasteiger partial charge in [0.2, 0.25) is 0 Å². The van der Waals surface area contributed by atoms with Crippen molar-refractivity contribution in [2.45, 2.75) is 75.2 Å². The molecule has 0 saturated heterocycles. The minimum atomic E-state index is -0.853. The first-order valence-corrected chi connectivity index (χ1v) is 10.4. The van der Waals surface area contributed by atoms with Crippen LogP contribution in [-0.4, -0.2) is 122 Å². The third-order valence-electron chi connectivity index (χ3n) is 0.549. The molecule has 21 heteroatoms. The van der Waals surface area contributed by atoms with Crippen LogP contribution in [0.2, 0.25) is 0 Å². The maximum atomic E-state index is 9.65. The van der Waals surface area contributed by atoms with Gasteiger partial charge in [-0.1, -0.05) is 0 Å². The van der Waals surface area contributed by atoms with Crippen molar-refractivity contribution in [2.24, 2.45) is 0 Å². The number of carboxylic acid groups (broad SMARTS) is 10. The van der Waals surface area contributed by atoms with Crippen LogP contribution in [0.25, 0.3) is 0 Å². The number of aliphatic carboxylic acids is 10. The summed E-state index contributed by atoms with van der Waals surface area (Å²) in [6.07, 6.45) is 0.422. The summed E-state index contributed by atoms with van der Waals surface area (Å²) in [5.74, 6) is -8.35. The van der Waals surface area contributed by atoms with Gasteiger partial charge in [0.05, 0.1) is 0 Å². The molecule has 0 aromatic rings. The molecule has 0 amide bonds. The molecule has 11 N–H and O–H groups in total. The van der Waals surface area contributed by atoms with Gasteiger partial charge in [-0.3, -0.25) is 47.9 Å². The Morgan fingerprint density at radius 1 is 0.326 bits per heavy atom. The summed E-state index contributed by atoms with van der Waals surface area (Å²) in [6.45, 7) is 9.71. The molecule has 43 heavy (non-hydrogen) atoms. The van der Waals surface area contributed by atoms with Crippen LogP contribution in [-0.2, 0) is 47.9 Å². The van der Waals surface area contributed by atoms with E-state index in [1.54, 1.807) is 0 Å². The van der Waals surface area contributed by atoms with Crippen LogP contribution in [0.3, 0.4) is 0 Å². The lowest BCUT2D eigenvalue weighted by atomic mass is 10.3.